The van der Waals surface area contributed by atoms with Gasteiger partial charge < -0.3 is 4.74 Å². The molecular formula is C13H14NO+. The highest BCUT2D eigenvalue weighted by molar-refractivity contribution is 5.64. The number of rotatable bonds is 2. The van der Waals surface area contributed by atoms with Crippen molar-refractivity contribution in [1.29, 1.82) is 0 Å². The molecular weight excluding hydrogens is 186 g/mol. The molecule has 2 aromatic rings. The highest BCUT2D eigenvalue weighted by Crippen LogP contribution is 2.22. The summed E-state index contributed by atoms with van der Waals surface area (Å²) in [6.45, 7) is 0. The molecule has 0 N–H and O–H groups in total. The third-order valence-electron chi connectivity index (χ3n) is 2.38. The zero-order chi connectivity index (χ0) is 10.7. The fourth-order valence-electron chi connectivity index (χ4n) is 1.50. The van der Waals surface area contributed by atoms with Gasteiger partial charge in [0.15, 0.2) is 12.4 Å². The normalized spacial score (nSPS) is 10.0. The number of hydrogen-bond donors (Lipinski definition) is 0. The van der Waals surface area contributed by atoms with E-state index in [0.29, 0.717) is 0 Å². The Kier molecular flexibility index (Phi) is 2.68. The topological polar surface area (TPSA) is 13.1 Å². The predicted octanol–water partition coefficient (Wildman–Crippen LogP) is 2.19. The second-order valence-corrected chi connectivity index (χ2v) is 3.48. The number of aryl methyl sites for hydroxylation is 1. The number of hydrogen-bond acceptors (Lipinski definition) is 1. The number of pyridine rings is 1. The molecule has 1 heterocycles. The van der Waals surface area contributed by atoms with Gasteiger partial charge in [0.05, 0.1) is 7.11 Å². The fraction of sp³-hybridized carbons (Fsp3) is 0.154. The average molecular weight is 200 g/mol. The Labute approximate surface area is 89.8 Å². The molecule has 0 unspecified atom stereocenters. The van der Waals surface area contributed by atoms with Gasteiger partial charge in [-0.25, -0.2) is 4.57 Å². The second kappa shape index (κ2) is 4.13. The van der Waals surface area contributed by atoms with Gasteiger partial charge >= 0.3 is 0 Å². The van der Waals surface area contributed by atoms with E-state index in [9.17, 15) is 0 Å². The van der Waals surface area contributed by atoms with Gasteiger partial charge in [-0.05, 0) is 23.3 Å². The van der Waals surface area contributed by atoms with Crippen LogP contribution in [-0.2, 0) is 7.05 Å². The van der Waals surface area contributed by atoms with Gasteiger partial charge in [0.25, 0.3) is 0 Å². The van der Waals surface area contributed by atoms with E-state index in [0.717, 1.165) is 5.75 Å². The molecule has 1 aromatic carbocycles. The summed E-state index contributed by atoms with van der Waals surface area (Å²) in [7, 11) is 3.69. The summed E-state index contributed by atoms with van der Waals surface area (Å²) in [6.07, 6.45) is 4.07. The van der Waals surface area contributed by atoms with E-state index in [1.54, 1.807) is 7.11 Å². The maximum atomic E-state index is 5.19. The Morgan fingerprint density at radius 3 is 2.40 bits per heavy atom. The number of nitrogens with zero attached hydrogens (tertiary/aromatic N) is 1. The molecule has 0 aliphatic carbocycles. The summed E-state index contributed by atoms with van der Waals surface area (Å²) in [6, 6.07) is 12.3. The summed E-state index contributed by atoms with van der Waals surface area (Å²) in [5.74, 6) is 0.890. The molecule has 2 heteroatoms. The standard InChI is InChI=1S/C13H14NO/c1-14-8-6-11(7-9-14)12-4-3-5-13(10-12)15-2/h3-10H,1-2H3/q+1. The first kappa shape index (κ1) is 9.71. The number of benzene rings is 1. The fourth-order valence-corrected chi connectivity index (χ4v) is 1.50. The van der Waals surface area contributed by atoms with Crippen molar-refractivity contribution in [2.75, 3.05) is 7.11 Å². The van der Waals surface area contributed by atoms with Crippen LogP contribution in [0.1, 0.15) is 0 Å². The van der Waals surface area contributed by atoms with Gasteiger partial charge in [0.2, 0.25) is 0 Å². The van der Waals surface area contributed by atoms with Crippen LogP contribution in [0, 0.1) is 0 Å². The molecule has 0 radical (unpaired) electrons. The van der Waals surface area contributed by atoms with E-state index in [-0.39, 0.29) is 0 Å². The molecule has 76 valence electrons. The van der Waals surface area contributed by atoms with Crippen LogP contribution < -0.4 is 9.30 Å². The summed E-state index contributed by atoms with van der Waals surface area (Å²) in [5.41, 5.74) is 2.38. The van der Waals surface area contributed by atoms with Crippen molar-refractivity contribution in [1.82, 2.24) is 0 Å². The van der Waals surface area contributed by atoms with E-state index < -0.39 is 0 Å². The van der Waals surface area contributed by atoms with E-state index >= 15 is 0 Å². The van der Waals surface area contributed by atoms with Crippen LogP contribution >= 0.6 is 0 Å². The highest BCUT2D eigenvalue weighted by atomic mass is 16.5. The van der Waals surface area contributed by atoms with E-state index in [4.69, 9.17) is 4.74 Å². The van der Waals surface area contributed by atoms with Crippen molar-refractivity contribution < 1.29 is 9.30 Å². The van der Waals surface area contributed by atoms with E-state index in [1.165, 1.54) is 11.1 Å². The summed E-state index contributed by atoms with van der Waals surface area (Å²) >= 11 is 0. The SMILES string of the molecule is COc1cccc(-c2cc[n+](C)cc2)c1. The number of ether oxygens (including phenoxy) is 1. The Morgan fingerprint density at radius 1 is 1.00 bits per heavy atom. The molecule has 1 aromatic heterocycles. The first-order valence-electron chi connectivity index (χ1n) is 4.89. The molecule has 2 rings (SSSR count). The van der Waals surface area contributed by atoms with Crippen LogP contribution in [0.2, 0.25) is 0 Å². The molecule has 15 heavy (non-hydrogen) atoms. The summed E-state index contributed by atoms with van der Waals surface area (Å²) < 4.78 is 7.21. The molecule has 0 aliphatic rings. The molecule has 0 spiro atoms. The number of methoxy groups -OCH3 is 1. The first-order valence-corrected chi connectivity index (χ1v) is 4.89. The maximum Gasteiger partial charge on any atom is 0.169 e. The van der Waals surface area contributed by atoms with Crippen molar-refractivity contribution in [3.05, 3.63) is 48.8 Å². The monoisotopic (exact) mass is 200 g/mol. The Hall–Kier alpha value is -1.83. The molecule has 2 nitrogen and oxygen atoms in total. The van der Waals surface area contributed by atoms with Crippen molar-refractivity contribution >= 4 is 0 Å². The van der Waals surface area contributed by atoms with Crippen LogP contribution in [0.4, 0.5) is 0 Å². The van der Waals surface area contributed by atoms with Crippen molar-refractivity contribution in [3.63, 3.8) is 0 Å². The van der Waals surface area contributed by atoms with Crippen molar-refractivity contribution in [2.24, 2.45) is 7.05 Å². The van der Waals surface area contributed by atoms with Crippen LogP contribution in [0.3, 0.4) is 0 Å². The quantitative estimate of drug-likeness (QED) is 0.677. The van der Waals surface area contributed by atoms with Crippen LogP contribution in [0.25, 0.3) is 11.1 Å². The molecule has 0 fully saturated rings. The maximum absolute atomic E-state index is 5.19. The smallest absolute Gasteiger partial charge is 0.169 e. The zero-order valence-electron chi connectivity index (χ0n) is 8.97. The molecule has 0 saturated carbocycles. The molecule has 0 amide bonds. The number of aromatic nitrogens is 1. The Morgan fingerprint density at radius 2 is 1.73 bits per heavy atom. The Bertz CT molecular complexity index is 448. The van der Waals surface area contributed by atoms with Crippen molar-refractivity contribution in [2.45, 2.75) is 0 Å². The lowest BCUT2D eigenvalue weighted by molar-refractivity contribution is -0.671. The van der Waals surface area contributed by atoms with Crippen LogP contribution in [0.5, 0.6) is 5.75 Å². The highest BCUT2D eigenvalue weighted by Gasteiger charge is 2.00. The van der Waals surface area contributed by atoms with Gasteiger partial charge in [-0.3, -0.25) is 0 Å². The van der Waals surface area contributed by atoms with Gasteiger partial charge in [-0.15, -0.1) is 0 Å². The first-order chi connectivity index (χ1) is 7.29. The molecule has 0 atom stereocenters. The van der Waals surface area contributed by atoms with E-state index in [1.807, 2.05) is 42.2 Å². The summed E-state index contributed by atoms with van der Waals surface area (Å²) in [5, 5.41) is 0. The van der Waals surface area contributed by atoms with Gasteiger partial charge in [0.1, 0.15) is 12.8 Å². The lowest BCUT2D eigenvalue weighted by Gasteiger charge is -2.03. The minimum absolute atomic E-state index is 0.890. The molecule has 0 aliphatic heterocycles. The lowest BCUT2D eigenvalue weighted by Crippen LogP contribution is -2.25. The minimum Gasteiger partial charge on any atom is -0.497 e. The zero-order valence-corrected chi connectivity index (χ0v) is 8.97. The van der Waals surface area contributed by atoms with Gasteiger partial charge in [0, 0.05) is 12.1 Å². The van der Waals surface area contributed by atoms with Crippen LogP contribution in [-0.4, -0.2) is 7.11 Å². The third kappa shape index (κ3) is 2.15. The van der Waals surface area contributed by atoms with Crippen molar-refractivity contribution in [3.8, 4) is 16.9 Å². The van der Waals surface area contributed by atoms with E-state index in [2.05, 4.69) is 18.2 Å². The molecule has 0 bridgehead atoms. The average Bonchev–Trinajstić information content (AvgIpc) is 2.30. The Balaban J connectivity index is 2.40. The third-order valence-corrected chi connectivity index (χ3v) is 2.38. The second-order valence-electron chi connectivity index (χ2n) is 3.48. The largest absolute Gasteiger partial charge is 0.497 e. The van der Waals surface area contributed by atoms with Gasteiger partial charge in [-0.2, -0.15) is 0 Å². The predicted molar refractivity (Wildman–Crippen MR) is 59.6 cm³/mol. The molecule has 0 saturated heterocycles. The summed E-state index contributed by atoms with van der Waals surface area (Å²) in [4.78, 5) is 0. The van der Waals surface area contributed by atoms with Gasteiger partial charge in [-0.1, -0.05) is 12.1 Å². The minimum atomic E-state index is 0.890. The lowest BCUT2D eigenvalue weighted by atomic mass is 10.1. The van der Waals surface area contributed by atoms with Crippen LogP contribution in [0.15, 0.2) is 48.8 Å².